The Morgan fingerprint density at radius 3 is 2.28 bits per heavy atom. The molecule has 32 heavy (non-hydrogen) atoms. The molecule has 3 rings (SSSR count). The topological polar surface area (TPSA) is 85.6 Å². The summed E-state index contributed by atoms with van der Waals surface area (Å²) in [4.78, 5) is 24.0. The molecule has 0 amide bonds. The maximum absolute atomic E-state index is 12.5. The van der Waals surface area contributed by atoms with E-state index in [0.29, 0.717) is 29.2 Å². The van der Waals surface area contributed by atoms with E-state index >= 15 is 0 Å². The summed E-state index contributed by atoms with van der Waals surface area (Å²) in [7, 11) is 1.34. The van der Waals surface area contributed by atoms with Crippen molar-refractivity contribution < 1.29 is 23.8 Å². The van der Waals surface area contributed by atoms with Crippen LogP contribution < -0.4 is 9.47 Å². The number of nitrogens with zero attached hydrogens (tertiary/aromatic N) is 1. The largest absolute Gasteiger partial charge is 0.488 e. The minimum Gasteiger partial charge on any atom is -0.488 e. The predicted octanol–water partition coefficient (Wildman–Crippen LogP) is 4.85. The second-order valence-electron chi connectivity index (χ2n) is 6.68. The summed E-state index contributed by atoms with van der Waals surface area (Å²) in [6.07, 6.45) is 3.19. The quantitative estimate of drug-likeness (QED) is 0.276. The molecule has 3 aromatic rings. The first-order valence-corrected chi connectivity index (χ1v) is 9.82. The standard InChI is InChI=1S/C26H21NO5/c1-30-26(29)22-8-6-19(7-9-22)18-32-25-5-3-2-4-21(25)12-15-24(28)20-10-13-23(14-11-20)31-17-16-27/h2-15H,17-18H2,1H3/b15-12+. The lowest BCUT2D eigenvalue weighted by Crippen LogP contribution is -2.02. The SMILES string of the molecule is COC(=O)c1ccc(COc2ccccc2/C=C/C(=O)c2ccc(OCC#N)cc2)cc1. The van der Waals surface area contributed by atoms with Gasteiger partial charge >= 0.3 is 5.97 Å². The highest BCUT2D eigenvalue weighted by Crippen LogP contribution is 2.22. The molecule has 0 bridgehead atoms. The van der Waals surface area contributed by atoms with E-state index in [4.69, 9.17) is 19.5 Å². The highest BCUT2D eigenvalue weighted by molar-refractivity contribution is 6.07. The van der Waals surface area contributed by atoms with Crippen molar-refractivity contribution in [2.45, 2.75) is 6.61 Å². The van der Waals surface area contributed by atoms with Crippen LogP contribution in [0.2, 0.25) is 0 Å². The van der Waals surface area contributed by atoms with Crippen LogP contribution in [0.1, 0.15) is 31.8 Å². The molecule has 0 saturated carbocycles. The van der Waals surface area contributed by atoms with Gasteiger partial charge < -0.3 is 14.2 Å². The summed E-state index contributed by atoms with van der Waals surface area (Å²) < 4.78 is 15.8. The van der Waals surface area contributed by atoms with Crippen molar-refractivity contribution in [2.75, 3.05) is 13.7 Å². The first-order chi connectivity index (χ1) is 15.6. The van der Waals surface area contributed by atoms with E-state index in [1.807, 2.05) is 30.3 Å². The van der Waals surface area contributed by atoms with Gasteiger partial charge in [0.1, 0.15) is 24.2 Å². The van der Waals surface area contributed by atoms with Gasteiger partial charge in [0.15, 0.2) is 12.4 Å². The molecule has 0 aliphatic carbocycles. The molecule has 0 saturated heterocycles. The number of hydrogen-bond donors (Lipinski definition) is 0. The molecule has 0 fully saturated rings. The lowest BCUT2D eigenvalue weighted by Gasteiger charge is -2.10. The third kappa shape index (κ3) is 6.07. The van der Waals surface area contributed by atoms with Gasteiger partial charge in [-0.05, 0) is 60.2 Å². The Morgan fingerprint density at radius 2 is 1.59 bits per heavy atom. The summed E-state index contributed by atoms with van der Waals surface area (Å²) in [6.45, 7) is 0.268. The molecule has 0 atom stereocenters. The number of hydrogen-bond acceptors (Lipinski definition) is 6. The number of methoxy groups -OCH3 is 1. The normalized spacial score (nSPS) is 10.4. The van der Waals surface area contributed by atoms with Gasteiger partial charge in [-0.3, -0.25) is 4.79 Å². The molecule has 0 aromatic heterocycles. The zero-order valence-electron chi connectivity index (χ0n) is 17.5. The van der Waals surface area contributed by atoms with E-state index in [1.54, 1.807) is 54.6 Å². The Balaban J connectivity index is 1.64. The van der Waals surface area contributed by atoms with Gasteiger partial charge in [-0.15, -0.1) is 0 Å². The van der Waals surface area contributed by atoms with Gasteiger partial charge in [-0.2, -0.15) is 5.26 Å². The van der Waals surface area contributed by atoms with Crippen LogP contribution in [0.3, 0.4) is 0 Å². The summed E-state index contributed by atoms with van der Waals surface area (Å²) in [5.74, 6) is 0.617. The van der Waals surface area contributed by atoms with Crippen LogP contribution in [-0.2, 0) is 11.3 Å². The van der Waals surface area contributed by atoms with Gasteiger partial charge in [0.05, 0.1) is 12.7 Å². The average Bonchev–Trinajstić information content (AvgIpc) is 2.85. The van der Waals surface area contributed by atoms with Crippen molar-refractivity contribution >= 4 is 17.8 Å². The van der Waals surface area contributed by atoms with Crippen molar-refractivity contribution in [3.63, 3.8) is 0 Å². The fraction of sp³-hybridized carbons (Fsp3) is 0.115. The van der Waals surface area contributed by atoms with Crippen LogP contribution in [0, 0.1) is 11.3 Å². The smallest absolute Gasteiger partial charge is 0.337 e. The van der Waals surface area contributed by atoms with Crippen molar-refractivity contribution in [3.8, 4) is 17.6 Å². The molecule has 6 heteroatoms. The average molecular weight is 427 g/mol. The Hall–Kier alpha value is -4.37. The maximum Gasteiger partial charge on any atom is 0.337 e. The molecule has 0 N–H and O–H groups in total. The number of esters is 1. The van der Waals surface area contributed by atoms with Crippen LogP contribution in [0.4, 0.5) is 0 Å². The van der Waals surface area contributed by atoms with E-state index in [-0.39, 0.29) is 18.4 Å². The number of para-hydroxylation sites is 1. The summed E-state index contributed by atoms with van der Waals surface area (Å²) in [5, 5.41) is 8.55. The summed E-state index contributed by atoms with van der Waals surface area (Å²) >= 11 is 0. The molecular weight excluding hydrogens is 406 g/mol. The van der Waals surface area contributed by atoms with E-state index in [0.717, 1.165) is 11.1 Å². The minimum absolute atomic E-state index is 0.0423. The van der Waals surface area contributed by atoms with Crippen LogP contribution in [-0.4, -0.2) is 25.5 Å². The number of carbonyl (C=O) groups excluding carboxylic acids is 2. The van der Waals surface area contributed by atoms with Crippen molar-refractivity contribution in [1.29, 1.82) is 5.26 Å². The van der Waals surface area contributed by atoms with Gasteiger partial charge in [0.2, 0.25) is 0 Å². The number of nitriles is 1. The summed E-state index contributed by atoms with van der Waals surface area (Å²) in [5.41, 5.74) is 2.64. The Morgan fingerprint density at radius 1 is 0.906 bits per heavy atom. The molecule has 0 radical (unpaired) electrons. The minimum atomic E-state index is -0.387. The summed E-state index contributed by atoms with van der Waals surface area (Å²) in [6, 6.07) is 22.9. The molecule has 0 heterocycles. The number of ketones is 1. The molecule has 0 unspecified atom stereocenters. The third-order valence-corrected chi connectivity index (χ3v) is 4.54. The maximum atomic E-state index is 12.5. The number of allylic oxidation sites excluding steroid dienone is 1. The second-order valence-corrected chi connectivity index (χ2v) is 6.68. The number of benzene rings is 3. The van der Waals surface area contributed by atoms with Crippen LogP contribution >= 0.6 is 0 Å². The van der Waals surface area contributed by atoms with E-state index < -0.39 is 0 Å². The monoisotopic (exact) mass is 427 g/mol. The fourth-order valence-electron chi connectivity index (χ4n) is 2.86. The van der Waals surface area contributed by atoms with Gasteiger partial charge in [0, 0.05) is 11.1 Å². The highest BCUT2D eigenvalue weighted by atomic mass is 16.5. The zero-order valence-corrected chi connectivity index (χ0v) is 17.5. The first-order valence-electron chi connectivity index (χ1n) is 9.82. The lowest BCUT2D eigenvalue weighted by molar-refractivity contribution is 0.0600. The van der Waals surface area contributed by atoms with E-state index in [9.17, 15) is 9.59 Å². The third-order valence-electron chi connectivity index (χ3n) is 4.54. The Labute approximate surface area is 186 Å². The molecule has 3 aromatic carbocycles. The van der Waals surface area contributed by atoms with Gasteiger partial charge in [-0.25, -0.2) is 4.79 Å². The first kappa shape index (κ1) is 22.3. The lowest BCUT2D eigenvalue weighted by atomic mass is 10.1. The van der Waals surface area contributed by atoms with Crippen molar-refractivity contribution in [3.05, 3.63) is 101 Å². The van der Waals surface area contributed by atoms with Crippen molar-refractivity contribution in [2.24, 2.45) is 0 Å². The molecule has 160 valence electrons. The number of ether oxygens (including phenoxy) is 3. The number of rotatable bonds is 9. The highest BCUT2D eigenvalue weighted by Gasteiger charge is 2.07. The van der Waals surface area contributed by atoms with Gasteiger partial charge in [0.25, 0.3) is 0 Å². The number of carbonyl (C=O) groups is 2. The van der Waals surface area contributed by atoms with E-state index in [1.165, 1.54) is 13.2 Å². The Kier molecular flexibility index (Phi) is 7.77. The van der Waals surface area contributed by atoms with Crippen LogP contribution in [0.5, 0.6) is 11.5 Å². The predicted molar refractivity (Wildman–Crippen MR) is 119 cm³/mol. The second kappa shape index (κ2) is 11.1. The molecule has 0 aliphatic heterocycles. The van der Waals surface area contributed by atoms with E-state index in [2.05, 4.69) is 0 Å². The fourth-order valence-corrected chi connectivity index (χ4v) is 2.86. The molecule has 6 nitrogen and oxygen atoms in total. The Bertz CT molecular complexity index is 1140. The molecular formula is C26H21NO5. The zero-order chi connectivity index (χ0) is 22.8. The van der Waals surface area contributed by atoms with Crippen LogP contribution in [0.15, 0.2) is 78.9 Å². The molecule has 0 spiro atoms. The van der Waals surface area contributed by atoms with Gasteiger partial charge in [-0.1, -0.05) is 30.3 Å². The van der Waals surface area contributed by atoms with Crippen LogP contribution in [0.25, 0.3) is 6.08 Å². The molecule has 0 aliphatic rings. The van der Waals surface area contributed by atoms with Crippen molar-refractivity contribution in [1.82, 2.24) is 0 Å².